The molecule has 0 bridgehead atoms. The molecule has 1 saturated heterocycles. The topological polar surface area (TPSA) is 66.5 Å². The molecule has 1 aromatic carbocycles. The number of hydrogen-bond donors (Lipinski definition) is 1. The molecule has 2 aliphatic carbocycles. The van der Waals surface area contributed by atoms with Gasteiger partial charge >= 0.3 is 0 Å². The predicted octanol–water partition coefficient (Wildman–Crippen LogP) is 2.40. The molecule has 1 heterocycles. The molecule has 26 heavy (non-hydrogen) atoms. The first-order valence-electron chi connectivity index (χ1n) is 9.78. The fraction of sp³-hybridized carbons (Fsp3) is 0.571. The van der Waals surface area contributed by atoms with Crippen molar-refractivity contribution in [3.63, 3.8) is 0 Å². The van der Waals surface area contributed by atoms with Crippen LogP contribution in [0, 0.1) is 11.8 Å². The summed E-state index contributed by atoms with van der Waals surface area (Å²) in [6.45, 7) is 0.439. The van der Waals surface area contributed by atoms with Crippen LogP contribution in [0.5, 0.6) is 0 Å². The molecule has 0 unspecified atom stereocenters. The van der Waals surface area contributed by atoms with E-state index in [0.717, 1.165) is 44.9 Å². The second-order valence-electron chi connectivity index (χ2n) is 8.04. The SMILES string of the molecule is O=C(CN1C(=O)[C@H]2CCCC[C@H]2C1=O)NCC1(c2ccccc2)CCC1. The highest BCUT2D eigenvalue weighted by Crippen LogP contribution is 2.43. The van der Waals surface area contributed by atoms with Crippen molar-refractivity contribution in [1.29, 1.82) is 0 Å². The number of rotatable bonds is 5. The zero-order valence-electron chi connectivity index (χ0n) is 15.1. The Morgan fingerprint density at radius 2 is 1.62 bits per heavy atom. The normalized spacial score (nSPS) is 27.0. The third-order valence-corrected chi connectivity index (χ3v) is 6.55. The minimum Gasteiger partial charge on any atom is -0.354 e. The van der Waals surface area contributed by atoms with Gasteiger partial charge in [-0.2, -0.15) is 0 Å². The quantitative estimate of drug-likeness (QED) is 0.826. The molecular weight excluding hydrogens is 328 g/mol. The lowest BCUT2D eigenvalue weighted by Crippen LogP contribution is -2.48. The highest BCUT2D eigenvalue weighted by atomic mass is 16.2. The Bertz CT molecular complexity index is 687. The van der Waals surface area contributed by atoms with Crippen molar-refractivity contribution in [1.82, 2.24) is 10.2 Å². The first kappa shape index (κ1) is 17.3. The van der Waals surface area contributed by atoms with Crippen molar-refractivity contribution in [2.75, 3.05) is 13.1 Å². The smallest absolute Gasteiger partial charge is 0.240 e. The van der Waals surface area contributed by atoms with Crippen molar-refractivity contribution in [2.24, 2.45) is 11.8 Å². The molecule has 0 aromatic heterocycles. The molecule has 0 spiro atoms. The Kier molecular flexibility index (Phi) is 4.55. The first-order valence-corrected chi connectivity index (χ1v) is 9.78. The molecule has 3 fully saturated rings. The predicted molar refractivity (Wildman–Crippen MR) is 97.1 cm³/mol. The number of nitrogens with zero attached hydrogens (tertiary/aromatic N) is 1. The van der Waals surface area contributed by atoms with E-state index < -0.39 is 0 Å². The van der Waals surface area contributed by atoms with Crippen LogP contribution in [-0.4, -0.2) is 35.7 Å². The van der Waals surface area contributed by atoms with Gasteiger partial charge in [-0.1, -0.05) is 49.6 Å². The lowest BCUT2D eigenvalue weighted by molar-refractivity contribution is -0.143. The van der Waals surface area contributed by atoms with Gasteiger partial charge in [-0.3, -0.25) is 19.3 Å². The standard InChI is InChI=1S/C21H26N2O3/c24-18(13-23-19(25)16-9-4-5-10-17(16)20(23)26)22-14-21(11-6-12-21)15-7-2-1-3-8-15/h1-3,7-8,16-17H,4-6,9-14H2,(H,22,24)/t16-,17+. The second-order valence-corrected chi connectivity index (χ2v) is 8.04. The van der Waals surface area contributed by atoms with E-state index >= 15 is 0 Å². The number of carbonyl (C=O) groups is 3. The third-order valence-electron chi connectivity index (χ3n) is 6.55. The van der Waals surface area contributed by atoms with Crippen LogP contribution < -0.4 is 5.32 Å². The van der Waals surface area contributed by atoms with Crippen molar-refractivity contribution in [3.8, 4) is 0 Å². The van der Waals surface area contributed by atoms with Gasteiger partial charge in [-0.05, 0) is 31.2 Å². The van der Waals surface area contributed by atoms with E-state index in [1.807, 2.05) is 18.2 Å². The summed E-state index contributed by atoms with van der Waals surface area (Å²) in [7, 11) is 0. The van der Waals surface area contributed by atoms with Crippen LogP contribution in [0.25, 0.3) is 0 Å². The lowest BCUT2D eigenvalue weighted by Gasteiger charge is -2.42. The van der Waals surface area contributed by atoms with Crippen LogP contribution in [0.2, 0.25) is 0 Å². The van der Waals surface area contributed by atoms with Gasteiger partial charge in [-0.25, -0.2) is 0 Å². The van der Waals surface area contributed by atoms with Crippen molar-refractivity contribution in [3.05, 3.63) is 35.9 Å². The van der Waals surface area contributed by atoms with Crippen molar-refractivity contribution >= 4 is 17.7 Å². The van der Waals surface area contributed by atoms with Gasteiger partial charge in [0.1, 0.15) is 6.54 Å². The molecule has 1 N–H and O–H groups in total. The van der Waals surface area contributed by atoms with Gasteiger partial charge < -0.3 is 5.32 Å². The fourth-order valence-electron chi connectivity index (χ4n) is 4.82. The molecule has 4 rings (SSSR count). The number of carbonyl (C=O) groups excluding carboxylic acids is 3. The molecular formula is C21H26N2O3. The van der Waals surface area contributed by atoms with E-state index in [9.17, 15) is 14.4 Å². The van der Waals surface area contributed by atoms with Gasteiger partial charge in [0.2, 0.25) is 17.7 Å². The number of imide groups is 1. The van der Waals surface area contributed by atoms with E-state index in [0.29, 0.717) is 6.54 Å². The Morgan fingerprint density at radius 1 is 1.00 bits per heavy atom. The van der Waals surface area contributed by atoms with Crippen molar-refractivity contribution < 1.29 is 14.4 Å². The van der Waals surface area contributed by atoms with Crippen LogP contribution in [-0.2, 0) is 19.8 Å². The molecule has 2 atom stereocenters. The van der Waals surface area contributed by atoms with Crippen LogP contribution in [0.3, 0.4) is 0 Å². The molecule has 2 saturated carbocycles. The molecule has 3 amide bonds. The van der Waals surface area contributed by atoms with E-state index in [-0.39, 0.29) is 41.5 Å². The molecule has 1 aliphatic heterocycles. The summed E-state index contributed by atoms with van der Waals surface area (Å²) in [6, 6.07) is 10.3. The number of fused-ring (bicyclic) bond motifs is 1. The number of hydrogen-bond acceptors (Lipinski definition) is 3. The number of likely N-dealkylation sites (tertiary alicyclic amines) is 1. The minimum atomic E-state index is -0.229. The molecule has 3 aliphatic rings. The van der Waals surface area contributed by atoms with Gasteiger partial charge in [-0.15, -0.1) is 0 Å². The largest absolute Gasteiger partial charge is 0.354 e. The first-order chi connectivity index (χ1) is 12.6. The summed E-state index contributed by atoms with van der Waals surface area (Å²) in [5.41, 5.74) is 1.26. The van der Waals surface area contributed by atoms with Gasteiger partial charge in [0.15, 0.2) is 0 Å². The van der Waals surface area contributed by atoms with Crippen LogP contribution >= 0.6 is 0 Å². The summed E-state index contributed by atoms with van der Waals surface area (Å²) in [6.07, 6.45) is 6.85. The number of benzene rings is 1. The average Bonchev–Trinajstić information content (AvgIpc) is 2.87. The Labute approximate surface area is 154 Å². The number of amides is 3. The summed E-state index contributed by atoms with van der Waals surface area (Å²) < 4.78 is 0. The summed E-state index contributed by atoms with van der Waals surface area (Å²) >= 11 is 0. The van der Waals surface area contributed by atoms with E-state index in [2.05, 4.69) is 17.4 Å². The fourth-order valence-corrected chi connectivity index (χ4v) is 4.82. The number of nitrogens with one attached hydrogen (secondary N) is 1. The van der Waals surface area contributed by atoms with Crippen LogP contribution in [0.15, 0.2) is 30.3 Å². The minimum absolute atomic E-state index is 0.00390. The van der Waals surface area contributed by atoms with Crippen LogP contribution in [0.1, 0.15) is 50.5 Å². The summed E-state index contributed by atoms with van der Waals surface area (Å²) in [5, 5.41) is 2.99. The third kappa shape index (κ3) is 2.93. The molecule has 5 heteroatoms. The monoisotopic (exact) mass is 354 g/mol. The van der Waals surface area contributed by atoms with Gasteiger partial charge in [0, 0.05) is 12.0 Å². The Morgan fingerprint density at radius 3 is 2.15 bits per heavy atom. The Balaban J connectivity index is 1.37. The highest BCUT2D eigenvalue weighted by Gasteiger charge is 2.48. The maximum Gasteiger partial charge on any atom is 0.240 e. The summed E-state index contributed by atoms with van der Waals surface area (Å²) in [5.74, 6) is -0.891. The maximum absolute atomic E-state index is 12.5. The van der Waals surface area contributed by atoms with E-state index in [4.69, 9.17) is 0 Å². The van der Waals surface area contributed by atoms with E-state index in [1.165, 1.54) is 10.5 Å². The van der Waals surface area contributed by atoms with E-state index in [1.54, 1.807) is 0 Å². The molecule has 1 aromatic rings. The van der Waals surface area contributed by atoms with Crippen LogP contribution in [0.4, 0.5) is 0 Å². The Hall–Kier alpha value is -2.17. The summed E-state index contributed by atoms with van der Waals surface area (Å²) in [4.78, 5) is 38.7. The highest BCUT2D eigenvalue weighted by molar-refractivity contribution is 6.07. The molecule has 138 valence electrons. The maximum atomic E-state index is 12.5. The molecule has 5 nitrogen and oxygen atoms in total. The molecule has 0 radical (unpaired) electrons. The zero-order valence-corrected chi connectivity index (χ0v) is 15.1. The second kappa shape index (κ2) is 6.86. The van der Waals surface area contributed by atoms with Gasteiger partial charge in [0.25, 0.3) is 0 Å². The van der Waals surface area contributed by atoms with Crippen molar-refractivity contribution in [2.45, 2.75) is 50.4 Å². The lowest BCUT2D eigenvalue weighted by atomic mass is 9.64. The average molecular weight is 354 g/mol. The van der Waals surface area contributed by atoms with Gasteiger partial charge in [0.05, 0.1) is 11.8 Å². The zero-order chi connectivity index (χ0) is 18.1.